The lowest BCUT2D eigenvalue weighted by Crippen LogP contribution is -1.91. The zero-order valence-electron chi connectivity index (χ0n) is 12.1. The Morgan fingerprint density at radius 1 is 0.409 bits per heavy atom. The van der Waals surface area contributed by atoms with E-state index >= 15 is 0 Å². The molecule has 0 aliphatic rings. The van der Waals surface area contributed by atoms with Crippen molar-refractivity contribution in [3.63, 3.8) is 0 Å². The van der Waals surface area contributed by atoms with Gasteiger partial charge in [-0.1, -0.05) is 80.4 Å². The molecule has 0 aromatic heterocycles. The molecule has 0 aliphatic carbocycles. The molecule has 3 rings (SSSR count). The topological polar surface area (TPSA) is 0 Å². The number of benzene rings is 3. The summed E-state index contributed by atoms with van der Waals surface area (Å²) >= 11 is 6.95. The van der Waals surface area contributed by atoms with E-state index in [9.17, 15) is 0 Å². The molecule has 0 unspecified atom stereocenters. The third-order valence-corrected chi connectivity index (χ3v) is 4.72. The van der Waals surface area contributed by atoms with Crippen molar-refractivity contribution in [3.8, 4) is 0 Å². The fraction of sp³-hybridized carbons (Fsp3) is 0.100. The van der Waals surface area contributed by atoms with Crippen LogP contribution in [0.5, 0.6) is 0 Å². The largest absolute Gasteiger partial charge is 0.0584 e. The molecule has 0 nitrogen and oxygen atoms in total. The van der Waals surface area contributed by atoms with Gasteiger partial charge in [0.2, 0.25) is 0 Å². The van der Waals surface area contributed by atoms with Crippen molar-refractivity contribution in [2.45, 2.75) is 12.8 Å². The molecule has 0 fully saturated rings. The minimum absolute atomic E-state index is 0.978. The van der Waals surface area contributed by atoms with Gasteiger partial charge < -0.3 is 0 Å². The van der Waals surface area contributed by atoms with Gasteiger partial charge >= 0.3 is 0 Å². The first-order valence-corrected chi connectivity index (χ1v) is 8.84. The molecule has 0 aliphatic heterocycles. The van der Waals surface area contributed by atoms with Crippen LogP contribution in [0.2, 0.25) is 0 Å². The van der Waals surface area contributed by atoms with Gasteiger partial charge in [0.25, 0.3) is 0 Å². The Kier molecular flexibility index (Phi) is 5.12. The van der Waals surface area contributed by atoms with Crippen LogP contribution in [-0.4, -0.2) is 0 Å². The summed E-state index contributed by atoms with van der Waals surface area (Å²) in [7, 11) is 0. The molecule has 0 spiro atoms. The SMILES string of the molecule is Brc1ccc(Cc2ccc(Cc3ccc(Br)cc3)cc2)cc1. The van der Waals surface area contributed by atoms with Gasteiger partial charge in [0.1, 0.15) is 0 Å². The molecule has 0 bridgehead atoms. The number of hydrogen-bond acceptors (Lipinski definition) is 0. The van der Waals surface area contributed by atoms with Crippen molar-refractivity contribution in [1.82, 2.24) is 0 Å². The fourth-order valence-corrected chi connectivity index (χ4v) is 2.98. The van der Waals surface area contributed by atoms with Crippen molar-refractivity contribution in [2.24, 2.45) is 0 Å². The third kappa shape index (κ3) is 4.31. The molecule has 22 heavy (non-hydrogen) atoms. The maximum absolute atomic E-state index is 3.47. The zero-order valence-corrected chi connectivity index (χ0v) is 15.3. The number of rotatable bonds is 4. The quantitative estimate of drug-likeness (QED) is 0.462. The molecular formula is C20H16Br2. The Hall–Kier alpha value is -1.38. The van der Waals surface area contributed by atoms with E-state index in [2.05, 4.69) is 105 Å². The maximum atomic E-state index is 3.47. The van der Waals surface area contributed by atoms with Gasteiger partial charge in [0, 0.05) is 8.95 Å². The van der Waals surface area contributed by atoms with Crippen molar-refractivity contribution >= 4 is 31.9 Å². The lowest BCUT2D eigenvalue weighted by Gasteiger charge is -2.06. The predicted octanol–water partition coefficient (Wildman–Crippen LogP) is 6.39. The van der Waals surface area contributed by atoms with Crippen molar-refractivity contribution < 1.29 is 0 Å². The summed E-state index contributed by atoms with van der Waals surface area (Å²) in [6.45, 7) is 0. The second-order valence-corrected chi connectivity index (χ2v) is 7.25. The summed E-state index contributed by atoms with van der Waals surface area (Å²) in [6.07, 6.45) is 1.96. The Morgan fingerprint density at radius 2 is 0.636 bits per heavy atom. The Labute approximate surface area is 148 Å². The van der Waals surface area contributed by atoms with E-state index in [4.69, 9.17) is 0 Å². The average molecular weight is 416 g/mol. The summed E-state index contributed by atoms with van der Waals surface area (Å²) < 4.78 is 2.25. The van der Waals surface area contributed by atoms with Crippen LogP contribution in [0, 0.1) is 0 Å². The van der Waals surface area contributed by atoms with Gasteiger partial charge in [-0.3, -0.25) is 0 Å². The van der Waals surface area contributed by atoms with Gasteiger partial charge in [-0.25, -0.2) is 0 Å². The first-order chi connectivity index (χ1) is 10.7. The second kappa shape index (κ2) is 7.26. The minimum Gasteiger partial charge on any atom is -0.0584 e. The van der Waals surface area contributed by atoms with Gasteiger partial charge in [-0.2, -0.15) is 0 Å². The Bertz CT molecular complexity index is 660. The van der Waals surface area contributed by atoms with Crippen LogP contribution in [0.4, 0.5) is 0 Å². The van der Waals surface area contributed by atoms with E-state index in [0.29, 0.717) is 0 Å². The highest BCUT2D eigenvalue weighted by atomic mass is 79.9. The molecule has 0 amide bonds. The van der Waals surface area contributed by atoms with E-state index in [1.165, 1.54) is 22.3 Å². The molecule has 0 heterocycles. The highest BCUT2D eigenvalue weighted by molar-refractivity contribution is 9.10. The molecule has 0 N–H and O–H groups in total. The molecule has 3 aromatic rings. The van der Waals surface area contributed by atoms with E-state index < -0.39 is 0 Å². The predicted molar refractivity (Wildman–Crippen MR) is 100 cm³/mol. The minimum atomic E-state index is 0.978. The van der Waals surface area contributed by atoms with E-state index in [1.54, 1.807) is 0 Å². The monoisotopic (exact) mass is 414 g/mol. The maximum Gasteiger partial charge on any atom is 0.0175 e. The zero-order chi connectivity index (χ0) is 15.4. The van der Waals surface area contributed by atoms with Gasteiger partial charge in [-0.15, -0.1) is 0 Å². The molecular weight excluding hydrogens is 400 g/mol. The first kappa shape index (κ1) is 15.5. The summed E-state index contributed by atoms with van der Waals surface area (Å²) in [5.41, 5.74) is 5.37. The average Bonchev–Trinajstić information content (AvgIpc) is 2.54. The lowest BCUT2D eigenvalue weighted by atomic mass is 10.0. The van der Waals surface area contributed by atoms with Crippen LogP contribution in [-0.2, 0) is 12.8 Å². The van der Waals surface area contributed by atoms with E-state index in [0.717, 1.165) is 21.8 Å². The molecule has 3 aromatic carbocycles. The number of halogens is 2. The second-order valence-electron chi connectivity index (χ2n) is 5.42. The molecule has 0 radical (unpaired) electrons. The molecule has 110 valence electrons. The summed E-state index contributed by atoms with van der Waals surface area (Å²) in [5.74, 6) is 0. The van der Waals surface area contributed by atoms with Crippen LogP contribution in [0.25, 0.3) is 0 Å². The third-order valence-electron chi connectivity index (χ3n) is 3.67. The van der Waals surface area contributed by atoms with Crippen LogP contribution in [0.15, 0.2) is 81.7 Å². The smallest absolute Gasteiger partial charge is 0.0175 e. The lowest BCUT2D eigenvalue weighted by molar-refractivity contribution is 1.15. The number of hydrogen-bond donors (Lipinski definition) is 0. The Morgan fingerprint density at radius 3 is 0.909 bits per heavy atom. The molecule has 0 atom stereocenters. The van der Waals surface area contributed by atoms with Crippen LogP contribution in [0.3, 0.4) is 0 Å². The highest BCUT2D eigenvalue weighted by Gasteiger charge is 2.00. The normalized spacial score (nSPS) is 10.6. The van der Waals surface area contributed by atoms with Crippen LogP contribution in [0.1, 0.15) is 22.3 Å². The molecule has 2 heteroatoms. The van der Waals surface area contributed by atoms with Crippen LogP contribution >= 0.6 is 31.9 Å². The van der Waals surface area contributed by atoms with Crippen LogP contribution < -0.4 is 0 Å². The van der Waals surface area contributed by atoms with Crippen molar-refractivity contribution in [3.05, 3.63) is 104 Å². The summed E-state index contributed by atoms with van der Waals surface area (Å²) in [4.78, 5) is 0. The van der Waals surface area contributed by atoms with Gasteiger partial charge in [0.15, 0.2) is 0 Å². The summed E-state index contributed by atoms with van der Waals surface area (Å²) in [5, 5.41) is 0. The van der Waals surface area contributed by atoms with Crippen molar-refractivity contribution in [1.29, 1.82) is 0 Å². The van der Waals surface area contributed by atoms with Gasteiger partial charge in [-0.05, 0) is 59.4 Å². The fourth-order valence-electron chi connectivity index (χ4n) is 2.45. The van der Waals surface area contributed by atoms with E-state index in [1.807, 2.05) is 0 Å². The standard InChI is InChI=1S/C20H16Br2/c21-19-9-5-17(6-10-19)13-15-1-2-16(4-3-15)14-18-7-11-20(22)12-8-18/h1-12H,13-14H2. The van der Waals surface area contributed by atoms with Crippen molar-refractivity contribution in [2.75, 3.05) is 0 Å². The van der Waals surface area contributed by atoms with E-state index in [-0.39, 0.29) is 0 Å². The molecule has 0 saturated heterocycles. The Balaban J connectivity index is 1.67. The van der Waals surface area contributed by atoms with Gasteiger partial charge in [0.05, 0.1) is 0 Å². The highest BCUT2D eigenvalue weighted by Crippen LogP contribution is 2.17. The summed E-state index contributed by atoms with van der Waals surface area (Å²) in [6, 6.07) is 26.0. The molecule has 0 saturated carbocycles. The first-order valence-electron chi connectivity index (χ1n) is 7.26.